The molecule has 2 heterocycles. The van der Waals surface area contributed by atoms with Gasteiger partial charge in [0.15, 0.2) is 0 Å². The van der Waals surface area contributed by atoms with Crippen LogP contribution in [0, 0.1) is 0 Å². The first-order chi connectivity index (χ1) is 12.6. The van der Waals surface area contributed by atoms with Crippen molar-refractivity contribution in [2.45, 2.75) is 19.8 Å². The molecule has 0 atom stereocenters. The first-order valence-electron chi connectivity index (χ1n) is 8.56. The van der Waals surface area contributed by atoms with E-state index in [1.54, 1.807) is 12.1 Å². The smallest absolute Gasteiger partial charge is 0.271 e. The van der Waals surface area contributed by atoms with Crippen molar-refractivity contribution in [2.75, 3.05) is 0 Å². The normalized spacial score (nSPS) is 14.5. The highest BCUT2D eigenvalue weighted by Gasteiger charge is 2.18. The second-order valence-corrected chi connectivity index (χ2v) is 6.41. The van der Waals surface area contributed by atoms with E-state index in [4.69, 9.17) is 0 Å². The molecule has 1 aliphatic rings. The van der Waals surface area contributed by atoms with Crippen LogP contribution >= 0.6 is 0 Å². The van der Waals surface area contributed by atoms with Gasteiger partial charge < -0.3 is 10.2 Å². The Balaban J connectivity index is 1.64. The molecule has 0 fully saturated rings. The molecule has 0 unspecified atom stereocenters. The minimum absolute atomic E-state index is 0.129. The van der Waals surface area contributed by atoms with Gasteiger partial charge in [0, 0.05) is 22.5 Å². The molecule has 26 heavy (non-hydrogen) atoms. The maximum atomic E-state index is 12.3. The minimum atomic E-state index is -0.129. The number of aryl methyl sites for hydroxylation is 2. The first-order valence-corrected chi connectivity index (χ1v) is 8.56. The molecule has 0 saturated heterocycles. The summed E-state index contributed by atoms with van der Waals surface area (Å²) in [4.78, 5) is 16.9. The number of H-pyrrole nitrogens is 2. The Labute approximate surface area is 150 Å². The SMILES string of the molecule is CC1=Nc2ccccc2C1=Cc1c(CCc2ccc(O)cc2)[nH][nH]c1=O. The Morgan fingerprint density at radius 3 is 2.62 bits per heavy atom. The molecule has 0 amide bonds. The third kappa shape index (κ3) is 2.99. The predicted octanol–water partition coefficient (Wildman–Crippen LogP) is 3.84. The van der Waals surface area contributed by atoms with Crippen LogP contribution in [-0.4, -0.2) is 21.0 Å². The van der Waals surface area contributed by atoms with Gasteiger partial charge in [0.1, 0.15) is 5.75 Å². The molecule has 2 aromatic carbocycles. The zero-order chi connectivity index (χ0) is 18.1. The molecule has 0 radical (unpaired) electrons. The Hall–Kier alpha value is -3.34. The Morgan fingerprint density at radius 2 is 1.81 bits per heavy atom. The number of aliphatic imine (C=N–C) groups is 1. The van der Waals surface area contributed by atoms with Crippen LogP contribution in [0.25, 0.3) is 11.6 Å². The number of rotatable bonds is 4. The number of aromatic nitrogens is 2. The van der Waals surface area contributed by atoms with Crippen molar-refractivity contribution in [1.29, 1.82) is 0 Å². The average molecular weight is 345 g/mol. The first kappa shape index (κ1) is 16.1. The lowest BCUT2D eigenvalue weighted by molar-refractivity contribution is 0.475. The summed E-state index contributed by atoms with van der Waals surface area (Å²) in [7, 11) is 0. The standard InChI is InChI=1S/C21H19N3O2/c1-13-17(16-4-2-3-5-19(16)22-13)12-18-20(23-24-21(18)26)11-8-14-6-9-15(25)10-7-14/h2-7,9-10,12,25H,8,11H2,1H3,(H2,23,24,26). The summed E-state index contributed by atoms with van der Waals surface area (Å²) in [6.45, 7) is 1.96. The lowest BCUT2D eigenvalue weighted by Crippen LogP contribution is -2.04. The predicted molar refractivity (Wildman–Crippen MR) is 104 cm³/mol. The molecule has 3 aromatic rings. The summed E-state index contributed by atoms with van der Waals surface area (Å²) in [5, 5.41) is 15.1. The van der Waals surface area contributed by atoms with E-state index >= 15 is 0 Å². The lowest BCUT2D eigenvalue weighted by Gasteiger charge is -2.04. The Morgan fingerprint density at radius 1 is 1.04 bits per heavy atom. The van der Waals surface area contributed by atoms with Crippen LogP contribution in [-0.2, 0) is 12.8 Å². The van der Waals surface area contributed by atoms with Gasteiger partial charge in [0.25, 0.3) is 5.56 Å². The van der Waals surface area contributed by atoms with Crippen molar-refractivity contribution in [1.82, 2.24) is 10.2 Å². The van der Waals surface area contributed by atoms with Gasteiger partial charge in [-0.05, 0) is 49.6 Å². The highest BCUT2D eigenvalue weighted by atomic mass is 16.3. The molecule has 5 nitrogen and oxygen atoms in total. The summed E-state index contributed by atoms with van der Waals surface area (Å²) in [5.74, 6) is 0.254. The number of nitrogens with one attached hydrogen (secondary N) is 2. The van der Waals surface area contributed by atoms with Crippen molar-refractivity contribution in [2.24, 2.45) is 4.99 Å². The van der Waals surface area contributed by atoms with Crippen LogP contribution in [0.3, 0.4) is 0 Å². The summed E-state index contributed by atoms with van der Waals surface area (Å²) >= 11 is 0. The number of phenolic OH excluding ortho intramolecular Hbond substituents is 1. The number of nitrogens with zero attached hydrogens (tertiary/aromatic N) is 1. The Bertz CT molecular complexity index is 1070. The molecule has 1 aromatic heterocycles. The van der Waals surface area contributed by atoms with Crippen molar-refractivity contribution in [3.63, 3.8) is 0 Å². The largest absolute Gasteiger partial charge is 0.508 e. The van der Waals surface area contributed by atoms with E-state index in [1.807, 2.05) is 49.4 Å². The van der Waals surface area contributed by atoms with Gasteiger partial charge in [-0.25, -0.2) is 0 Å². The zero-order valence-electron chi connectivity index (χ0n) is 14.4. The van der Waals surface area contributed by atoms with Crippen LogP contribution in [0.15, 0.2) is 58.3 Å². The lowest BCUT2D eigenvalue weighted by atomic mass is 9.99. The minimum Gasteiger partial charge on any atom is -0.508 e. The third-order valence-corrected chi connectivity index (χ3v) is 4.66. The van der Waals surface area contributed by atoms with Gasteiger partial charge >= 0.3 is 0 Å². The number of aromatic amines is 2. The highest BCUT2D eigenvalue weighted by molar-refractivity contribution is 6.31. The molecule has 130 valence electrons. The number of hydrogen-bond acceptors (Lipinski definition) is 3. The van der Waals surface area contributed by atoms with Crippen LogP contribution in [0.2, 0.25) is 0 Å². The topological polar surface area (TPSA) is 81.2 Å². The van der Waals surface area contributed by atoms with E-state index < -0.39 is 0 Å². The monoisotopic (exact) mass is 345 g/mol. The maximum Gasteiger partial charge on any atom is 0.271 e. The highest BCUT2D eigenvalue weighted by Crippen LogP contribution is 2.35. The molecule has 1 aliphatic heterocycles. The van der Waals surface area contributed by atoms with E-state index in [0.717, 1.165) is 40.2 Å². The molecule has 0 spiro atoms. The number of benzene rings is 2. The Kier molecular flexibility index (Phi) is 4.05. The molecular formula is C21H19N3O2. The average Bonchev–Trinajstić information content (AvgIpc) is 3.15. The van der Waals surface area contributed by atoms with Crippen molar-refractivity contribution >= 4 is 23.0 Å². The van der Waals surface area contributed by atoms with Crippen LogP contribution in [0.1, 0.15) is 29.3 Å². The summed E-state index contributed by atoms with van der Waals surface area (Å²) < 4.78 is 0. The number of phenols is 1. The van der Waals surface area contributed by atoms with Crippen LogP contribution < -0.4 is 5.56 Å². The van der Waals surface area contributed by atoms with E-state index in [2.05, 4.69) is 15.2 Å². The van der Waals surface area contributed by atoms with Gasteiger partial charge in [-0.15, -0.1) is 0 Å². The maximum absolute atomic E-state index is 12.3. The van der Waals surface area contributed by atoms with E-state index in [1.165, 1.54) is 0 Å². The van der Waals surface area contributed by atoms with Gasteiger partial charge in [-0.2, -0.15) is 0 Å². The molecule has 0 aliphatic carbocycles. The van der Waals surface area contributed by atoms with E-state index in [0.29, 0.717) is 12.0 Å². The number of allylic oxidation sites excluding steroid dienone is 1. The van der Waals surface area contributed by atoms with Gasteiger partial charge in [-0.1, -0.05) is 30.3 Å². The molecular weight excluding hydrogens is 326 g/mol. The fraction of sp³-hybridized carbons (Fsp3) is 0.143. The summed E-state index contributed by atoms with van der Waals surface area (Å²) in [6.07, 6.45) is 3.39. The van der Waals surface area contributed by atoms with Gasteiger partial charge in [0.2, 0.25) is 0 Å². The number of fused-ring (bicyclic) bond motifs is 1. The number of para-hydroxylation sites is 1. The number of aromatic hydroxyl groups is 1. The molecule has 5 heteroatoms. The zero-order valence-corrected chi connectivity index (χ0v) is 14.4. The molecule has 0 bridgehead atoms. The molecule has 3 N–H and O–H groups in total. The van der Waals surface area contributed by atoms with Crippen molar-refractivity contribution in [3.05, 3.63) is 81.3 Å². The summed E-state index contributed by atoms with van der Waals surface area (Å²) in [5.41, 5.74) is 6.37. The second-order valence-electron chi connectivity index (χ2n) is 6.41. The van der Waals surface area contributed by atoms with Crippen LogP contribution in [0.5, 0.6) is 5.75 Å². The molecule has 0 saturated carbocycles. The van der Waals surface area contributed by atoms with Gasteiger partial charge in [0.05, 0.1) is 11.3 Å². The molecule has 4 rings (SSSR count). The fourth-order valence-electron chi connectivity index (χ4n) is 3.25. The van der Waals surface area contributed by atoms with Crippen LogP contribution in [0.4, 0.5) is 5.69 Å². The quantitative estimate of drug-likeness (QED) is 0.671. The van der Waals surface area contributed by atoms with E-state index in [9.17, 15) is 9.90 Å². The van der Waals surface area contributed by atoms with Crippen molar-refractivity contribution < 1.29 is 5.11 Å². The fourth-order valence-corrected chi connectivity index (χ4v) is 3.25. The van der Waals surface area contributed by atoms with Gasteiger partial charge in [-0.3, -0.25) is 14.9 Å². The number of hydrogen-bond donors (Lipinski definition) is 3. The third-order valence-electron chi connectivity index (χ3n) is 4.66. The summed E-state index contributed by atoms with van der Waals surface area (Å²) in [6, 6.07) is 15.1. The second kappa shape index (κ2) is 6.52. The van der Waals surface area contributed by atoms with E-state index in [-0.39, 0.29) is 11.3 Å². The van der Waals surface area contributed by atoms with Crippen molar-refractivity contribution in [3.8, 4) is 5.75 Å².